The lowest BCUT2D eigenvalue weighted by Crippen LogP contribution is -2.08. The van der Waals surface area contributed by atoms with E-state index in [1.807, 2.05) is 36.2 Å². The third-order valence-corrected chi connectivity index (χ3v) is 4.65. The molecule has 1 aromatic carbocycles. The van der Waals surface area contributed by atoms with Crippen LogP contribution in [0, 0.1) is 6.92 Å². The van der Waals surface area contributed by atoms with Crippen LogP contribution in [-0.4, -0.2) is 10.2 Å². The molecule has 20 heavy (non-hydrogen) atoms. The van der Waals surface area contributed by atoms with Crippen LogP contribution in [0.3, 0.4) is 0 Å². The van der Waals surface area contributed by atoms with E-state index in [-0.39, 0.29) is 0 Å². The molecule has 1 nitrogen and oxygen atoms in total. The number of nitrogens with zero attached hydrogens (tertiary/aromatic N) is 1. The second kappa shape index (κ2) is 6.10. The number of hydrogen-bond acceptors (Lipinski definition) is 2. The fourth-order valence-electron chi connectivity index (χ4n) is 2.49. The second-order valence-electron chi connectivity index (χ2n) is 4.93. The van der Waals surface area contributed by atoms with Crippen molar-refractivity contribution < 1.29 is 0 Å². The van der Waals surface area contributed by atoms with E-state index in [1.165, 1.54) is 11.1 Å². The molecule has 2 atom stereocenters. The lowest BCUT2D eigenvalue weighted by molar-refractivity contribution is 0.888. The Labute approximate surface area is 124 Å². The van der Waals surface area contributed by atoms with E-state index in [0.717, 1.165) is 5.69 Å². The molecule has 1 aromatic heterocycles. The zero-order valence-corrected chi connectivity index (χ0v) is 12.3. The van der Waals surface area contributed by atoms with Crippen LogP contribution < -0.4 is 0 Å². The summed E-state index contributed by atoms with van der Waals surface area (Å²) >= 11 is 1.88. The first-order valence-electron chi connectivity index (χ1n) is 6.81. The third kappa shape index (κ3) is 2.86. The molecule has 0 bridgehead atoms. The summed E-state index contributed by atoms with van der Waals surface area (Å²) in [7, 11) is 0. The van der Waals surface area contributed by atoms with Crippen LogP contribution in [0.5, 0.6) is 0 Å². The summed E-state index contributed by atoms with van der Waals surface area (Å²) in [5, 5.41) is 2.67. The fraction of sp³-hybridized carbons (Fsp3) is 0.167. The molecule has 0 N–H and O–H groups in total. The summed E-state index contributed by atoms with van der Waals surface area (Å²) in [6, 6.07) is 14.6. The highest BCUT2D eigenvalue weighted by molar-refractivity contribution is 8.03. The topological polar surface area (TPSA) is 12.9 Å². The summed E-state index contributed by atoms with van der Waals surface area (Å²) < 4.78 is 0. The number of aromatic nitrogens is 1. The number of pyridine rings is 1. The van der Waals surface area contributed by atoms with Gasteiger partial charge in [0.25, 0.3) is 0 Å². The largest absolute Gasteiger partial charge is 0.257 e. The van der Waals surface area contributed by atoms with Crippen molar-refractivity contribution in [2.45, 2.75) is 18.1 Å². The van der Waals surface area contributed by atoms with Gasteiger partial charge < -0.3 is 0 Å². The van der Waals surface area contributed by atoms with Gasteiger partial charge in [-0.15, -0.1) is 11.8 Å². The smallest absolute Gasteiger partial charge is 0.0626 e. The molecule has 3 rings (SSSR count). The van der Waals surface area contributed by atoms with Crippen molar-refractivity contribution in [2.24, 2.45) is 0 Å². The zero-order chi connectivity index (χ0) is 13.8. The molecule has 1 aliphatic rings. The second-order valence-corrected chi connectivity index (χ2v) is 6.01. The predicted octanol–water partition coefficient (Wildman–Crippen LogP) is 4.82. The molecule has 2 unspecified atom stereocenters. The molecule has 0 radical (unpaired) electrons. The number of benzene rings is 1. The van der Waals surface area contributed by atoms with Crippen molar-refractivity contribution in [3.8, 4) is 0 Å². The minimum atomic E-state index is 0.457. The summed E-state index contributed by atoms with van der Waals surface area (Å²) in [6.07, 6.45) is 8.53. The van der Waals surface area contributed by atoms with E-state index in [1.54, 1.807) is 0 Å². The van der Waals surface area contributed by atoms with Crippen molar-refractivity contribution in [1.82, 2.24) is 4.98 Å². The van der Waals surface area contributed by atoms with Crippen LogP contribution in [0.25, 0.3) is 6.08 Å². The van der Waals surface area contributed by atoms with Crippen molar-refractivity contribution >= 4 is 17.8 Å². The molecular formula is C18H17NS. The Kier molecular flexibility index (Phi) is 4.03. The molecular weight excluding hydrogens is 262 g/mol. The molecule has 2 aromatic rings. The quantitative estimate of drug-likeness (QED) is 0.799. The van der Waals surface area contributed by atoms with Crippen molar-refractivity contribution in [3.63, 3.8) is 0 Å². The summed E-state index contributed by atoms with van der Waals surface area (Å²) in [5.41, 5.74) is 3.80. The van der Waals surface area contributed by atoms with Gasteiger partial charge in [-0.05, 0) is 41.7 Å². The monoisotopic (exact) mass is 279 g/mol. The molecule has 0 aliphatic carbocycles. The number of hydrogen-bond donors (Lipinski definition) is 0. The lowest BCUT2D eigenvalue weighted by Gasteiger charge is -2.17. The van der Waals surface area contributed by atoms with Crippen LogP contribution in [0.2, 0.25) is 0 Å². The van der Waals surface area contributed by atoms with E-state index in [9.17, 15) is 0 Å². The molecule has 0 saturated carbocycles. The van der Waals surface area contributed by atoms with Gasteiger partial charge >= 0.3 is 0 Å². The summed E-state index contributed by atoms with van der Waals surface area (Å²) in [5.74, 6) is 0.459. The van der Waals surface area contributed by atoms with Crippen LogP contribution in [0.4, 0.5) is 0 Å². The van der Waals surface area contributed by atoms with Crippen molar-refractivity contribution in [1.29, 1.82) is 0 Å². The lowest BCUT2D eigenvalue weighted by atomic mass is 9.92. The molecule has 1 aliphatic heterocycles. The minimum absolute atomic E-state index is 0.457. The predicted molar refractivity (Wildman–Crippen MR) is 87.7 cm³/mol. The Bertz CT molecular complexity index is 631. The Morgan fingerprint density at radius 1 is 1.10 bits per heavy atom. The normalized spacial score (nSPS) is 21.6. The molecule has 2 heterocycles. The van der Waals surface area contributed by atoms with E-state index in [2.05, 4.69) is 59.8 Å². The van der Waals surface area contributed by atoms with Gasteiger partial charge in [-0.3, -0.25) is 4.98 Å². The SMILES string of the molecule is Cc1ccccc1C1C=CSC1C=Cc1ccccn1. The van der Waals surface area contributed by atoms with E-state index in [0.29, 0.717) is 11.2 Å². The van der Waals surface area contributed by atoms with Gasteiger partial charge in [0.05, 0.1) is 5.69 Å². The molecule has 0 amide bonds. The fourth-order valence-corrected chi connectivity index (χ4v) is 3.51. The highest BCUT2D eigenvalue weighted by Crippen LogP contribution is 2.39. The molecule has 0 saturated heterocycles. The number of allylic oxidation sites excluding steroid dienone is 1. The maximum atomic E-state index is 4.34. The third-order valence-electron chi connectivity index (χ3n) is 3.57. The first-order valence-corrected chi connectivity index (χ1v) is 7.76. The highest BCUT2D eigenvalue weighted by atomic mass is 32.2. The number of thioether (sulfide) groups is 1. The van der Waals surface area contributed by atoms with E-state index in [4.69, 9.17) is 0 Å². The van der Waals surface area contributed by atoms with Gasteiger partial charge in [0.1, 0.15) is 0 Å². The number of rotatable bonds is 3. The Morgan fingerprint density at radius 2 is 1.95 bits per heavy atom. The first kappa shape index (κ1) is 13.2. The Balaban J connectivity index is 1.81. The standard InChI is InChI=1S/C18H17NS/c1-14-6-2-3-8-16(14)17-11-13-20-18(17)10-9-15-7-4-5-12-19-15/h2-13,17-18H,1H3. The summed E-state index contributed by atoms with van der Waals surface area (Å²) in [6.45, 7) is 2.19. The van der Waals surface area contributed by atoms with Gasteiger partial charge in [-0.2, -0.15) is 0 Å². The number of aryl methyl sites for hydroxylation is 1. The Morgan fingerprint density at radius 3 is 2.75 bits per heavy atom. The van der Waals surface area contributed by atoms with Crippen molar-refractivity contribution in [2.75, 3.05) is 0 Å². The maximum Gasteiger partial charge on any atom is 0.0626 e. The highest BCUT2D eigenvalue weighted by Gasteiger charge is 2.23. The van der Waals surface area contributed by atoms with Gasteiger partial charge in [-0.1, -0.05) is 42.5 Å². The van der Waals surface area contributed by atoms with Crippen LogP contribution >= 0.6 is 11.8 Å². The first-order chi connectivity index (χ1) is 9.84. The van der Waals surface area contributed by atoms with Crippen LogP contribution in [-0.2, 0) is 0 Å². The summed E-state index contributed by atoms with van der Waals surface area (Å²) in [4.78, 5) is 4.34. The zero-order valence-electron chi connectivity index (χ0n) is 11.4. The van der Waals surface area contributed by atoms with Gasteiger partial charge in [0.2, 0.25) is 0 Å². The maximum absolute atomic E-state index is 4.34. The van der Waals surface area contributed by atoms with E-state index >= 15 is 0 Å². The minimum Gasteiger partial charge on any atom is -0.257 e. The molecule has 100 valence electrons. The Hall–Kier alpha value is -1.80. The van der Waals surface area contributed by atoms with Crippen LogP contribution in [0.1, 0.15) is 22.7 Å². The van der Waals surface area contributed by atoms with E-state index < -0.39 is 0 Å². The average Bonchev–Trinajstić information content (AvgIpc) is 2.95. The van der Waals surface area contributed by atoms with Gasteiger partial charge in [0.15, 0.2) is 0 Å². The molecule has 0 spiro atoms. The molecule has 0 fully saturated rings. The van der Waals surface area contributed by atoms with Crippen molar-refractivity contribution in [3.05, 3.63) is 83.0 Å². The average molecular weight is 279 g/mol. The van der Waals surface area contributed by atoms with Crippen LogP contribution in [0.15, 0.2) is 66.2 Å². The van der Waals surface area contributed by atoms with Gasteiger partial charge in [0, 0.05) is 17.4 Å². The van der Waals surface area contributed by atoms with Gasteiger partial charge in [-0.25, -0.2) is 0 Å². The molecule has 2 heteroatoms.